The number of nitrogen functional groups attached to an aromatic ring is 1. The molecule has 3 heterocycles. The molecule has 0 saturated carbocycles. The Morgan fingerprint density at radius 3 is 2.57 bits per heavy atom. The Bertz CT molecular complexity index is 530. The summed E-state index contributed by atoms with van der Waals surface area (Å²) in [4.78, 5) is 27.9. The molecule has 3 rings (SSSR count). The molecule has 0 aliphatic carbocycles. The van der Waals surface area contributed by atoms with Crippen molar-refractivity contribution in [3.8, 4) is 0 Å². The van der Waals surface area contributed by atoms with Gasteiger partial charge in [0.1, 0.15) is 11.8 Å². The van der Waals surface area contributed by atoms with E-state index in [2.05, 4.69) is 10.2 Å². The van der Waals surface area contributed by atoms with Crippen LogP contribution in [0.3, 0.4) is 0 Å². The molecule has 0 aromatic carbocycles. The molecule has 2 saturated heterocycles. The predicted octanol–water partition coefficient (Wildman–Crippen LogP) is -0.545. The molecule has 114 valence electrons. The molecular weight excluding hydrogens is 274 g/mol. The number of ether oxygens (including phenoxy) is 1. The van der Waals surface area contributed by atoms with E-state index in [0.29, 0.717) is 44.2 Å². The minimum Gasteiger partial charge on any atom is -0.396 e. The fourth-order valence-corrected chi connectivity index (χ4v) is 2.73. The highest BCUT2D eigenvalue weighted by Crippen LogP contribution is 2.17. The maximum absolute atomic E-state index is 12.3. The van der Waals surface area contributed by atoms with Crippen LogP contribution >= 0.6 is 0 Å². The average molecular weight is 293 g/mol. The number of nitrogens with zero attached hydrogens (tertiary/aromatic N) is 3. The Labute approximate surface area is 122 Å². The van der Waals surface area contributed by atoms with Gasteiger partial charge >= 0.3 is 0 Å². The largest absolute Gasteiger partial charge is 0.396 e. The van der Waals surface area contributed by atoms with Crippen molar-refractivity contribution in [1.82, 2.24) is 20.0 Å². The number of aromatic amines is 1. The molecule has 1 unspecified atom stereocenters. The summed E-state index contributed by atoms with van der Waals surface area (Å²) < 4.78 is 5.42. The van der Waals surface area contributed by atoms with Crippen LogP contribution in [0.15, 0.2) is 6.20 Å². The van der Waals surface area contributed by atoms with Gasteiger partial charge in [-0.15, -0.1) is 0 Å². The van der Waals surface area contributed by atoms with Gasteiger partial charge in [-0.1, -0.05) is 0 Å². The standard InChI is InChI=1S/C13H19N5O3/c14-9-8-15-16-11(9)13(20)18-5-3-17(4-6-18)12(19)10-2-1-7-21-10/h8,10H,1-7,14H2,(H,15,16). The number of carbonyl (C=O) groups is 2. The van der Waals surface area contributed by atoms with Gasteiger partial charge < -0.3 is 20.3 Å². The summed E-state index contributed by atoms with van der Waals surface area (Å²) in [6, 6.07) is 0. The van der Waals surface area contributed by atoms with Crippen molar-refractivity contribution < 1.29 is 14.3 Å². The Morgan fingerprint density at radius 1 is 1.29 bits per heavy atom. The smallest absolute Gasteiger partial charge is 0.274 e. The van der Waals surface area contributed by atoms with Gasteiger partial charge in [0, 0.05) is 32.8 Å². The summed E-state index contributed by atoms with van der Waals surface area (Å²) >= 11 is 0. The molecule has 2 aliphatic rings. The van der Waals surface area contributed by atoms with Gasteiger partial charge in [0.2, 0.25) is 0 Å². The lowest BCUT2D eigenvalue weighted by Gasteiger charge is -2.35. The first-order valence-corrected chi connectivity index (χ1v) is 7.15. The van der Waals surface area contributed by atoms with E-state index in [9.17, 15) is 9.59 Å². The molecule has 2 fully saturated rings. The van der Waals surface area contributed by atoms with Gasteiger partial charge in [-0.05, 0) is 12.8 Å². The number of nitrogens with one attached hydrogen (secondary N) is 1. The zero-order chi connectivity index (χ0) is 14.8. The molecule has 2 amide bonds. The predicted molar refractivity (Wildman–Crippen MR) is 74.5 cm³/mol. The third-order valence-corrected chi connectivity index (χ3v) is 3.97. The van der Waals surface area contributed by atoms with Crippen LogP contribution in [0.25, 0.3) is 0 Å². The summed E-state index contributed by atoms with van der Waals surface area (Å²) in [5, 5.41) is 6.37. The van der Waals surface area contributed by atoms with Crippen molar-refractivity contribution >= 4 is 17.5 Å². The van der Waals surface area contributed by atoms with Crippen LogP contribution in [0.5, 0.6) is 0 Å². The van der Waals surface area contributed by atoms with Gasteiger partial charge in [0.25, 0.3) is 11.8 Å². The zero-order valence-electron chi connectivity index (χ0n) is 11.7. The third-order valence-electron chi connectivity index (χ3n) is 3.97. The van der Waals surface area contributed by atoms with E-state index in [1.54, 1.807) is 9.80 Å². The van der Waals surface area contributed by atoms with Crippen molar-refractivity contribution in [3.63, 3.8) is 0 Å². The van der Waals surface area contributed by atoms with Gasteiger partial charge in [0.05, 0.1) is 11.9 Å². The van der Waals surface area contributed by atoms with Crippen LogP contribution in [-0.4, -0.2) is 70.7 Å². The van der Waals surface area contributed by atoms with Gasteiger partial charge in [-0.2, -0.15) is 5.10 Å². The lowest BCUT2D eigenvalue weighted by molar-refractivity contribution is -0.142. The number of nitrogens with two attached hydrogens (primary N) is 1. The van der Waals surface area contributed by atoms with Gasteiger partial charge in [0.15, 0.2) is 0 Å². The molecular formula is C13H19N5O3. The van der Waals surface area contributed by atoms with Crippen molar-refractivity contribution in [1.29, 1.82) is 0 Å². The molecule has 0 radical (unpaired) electrons. The van der Waals surface area contributed by atoms with Gasteiger partial charge in [-0.3, -0.25) is 14.7 Å². The SMILES string of the molecule is Nc1cn[nH]c1C(=O)N1CCN(C(=O)C2CCCO2)CC1. The fraction of sp³-hybridized carbons (Fsp3) is 0.615. The number of hydrogen-bond donors (Lipinski definition) is 2. The van der Waals surface area contributed by atoms with E-state index in [1.165, 1.54) is 6.20 Å². The van der Waals surface area contributed by atoms with E-state index in [1.807, 2.05) is 0 Å². The number of amides is 2. The normalized spacial score (nSPS) is 22.6. The molecule has 0 spiro atoms. The monoisotopic (exact) mass is 293 g/mol. The second-order valence-corrected chi connectivity index (χ2v) is 5.32. The molecule has 8 heteroatoms. The third kappa shape index (κ3) is 2.71. The highest BCUT2D eigenvalue weighted by molar-refractivity contribution is 5.97. The van der Waals surface area contributed by atoms with E-state index < -0.39 is 0 Å². The molecule has 1 aromatic heterocycles. The van der Waals surface area contributed by atoms with Crippen LogP contribution in [0.4, 0.5) is 5.69 Å². The highest BCUT2D eigenvalue weighted by atomic mass is 16.5. The lowest BCUT2D eigenvalue weighted by atomic mass is 10.2. The molecule has 21 heavy (non-hydrogen) atoms. The summed E-state index contributed by atoms with van der Waals surface area (Å²) in [7, 11) is 0. The average Bonchev–Trinajstić information content (AvgIpc) is 3.17. The number of aromatic nitrogens is 2. The van der Waals surface area contributed by atoms with Crippen LogP contribution in [0, 0.1) is 0 Å². The lowest BCUT2D eigenvalue weighted by Crippen LogP contribution is -2.52. The molecule has 1 aromatic rings. The Hall–Kier alpha value is -2.09. The van der Waals surface area contributed by atoms with Crippen LogP contribution in [0.1, 0.15) is 23.3 Å². The second kappa shape index (κ2) is 5.72. The molecule has 0 bridgehead atoms. The van der Waals surface area contributed by atoms with E-state index in [0.717, 1.165) is 12.8 Å². The minimum absolute atomic E-state index is 0.0423. The second-order valence-electron chi connectivity index (χ2n) is 5.32. The Kier molecular flexibility index (Phi) is 3.78. The van der Waals surface area contributed by atoms with E-state index in [4.69, 9.17) is 10.5 Å². The molecule has 1 atom stereocenters. The Morgan fingerprint density at radius 2 is 2.00 bits per heavy atom. The summed E-state index contributed by atoms with van der Waals surface area (Å²) in [6.07, 6.45) is 2.86. The summed E-state index contributed by atoms with van der Waals surface area (Å²) in [6.45, 7) is 2.70. The first kappa shape index (κ1) is 13.9. The van der Waals surface area contributed by atoms with Crippen molar-refractivity contribution in [2.75, 3.05) is 38.5 Å². The van der Waals surface area contributed by atoms with Crippen LogP contribution < -0.4 is 5.73 Å². The summed E-state index contributed by atoms with van der Waals surface area (Å²) in [5.41, 5.74) is 6.34. The highest BCUT2D eigenvalue weighted by Gasteiger charge is 2.32. The number of H-pyrrole nitrogens is 1. The number of piperazine rings is 1. The molecule has 3 N–H and O–H groups in total. The summed E-state index contributed by atoms with van der Waals surface area (Å²) in [5.74, 6) is -0.130. The van der Waals surface area contributed by atoms with Gasteiger partial charge in [-0.25, -0.2) is 0 Å². The first-order chi connectivity index (χ1) is 10.2. The van der Waals surface area contributed by atoms with Crippen molar-refractivity contribution in [2.45, 2.75) is 18.9 Å². The minimum atomic E-state index is -0.296. The van der Waals surface area contributed by atoms with Crippen LogP contribution in [0.2, 0.25) is 0 Å². The molecule has 8 nitrogen and oxygen atoms in total. The maximum Gasteiger partial charge on any atom is 0.274 e. The fourth-order valence-electron chi connectivity index (χ4n) is 2.73. The maximum atomic E-state index is 12.3. The number of anilines is 1. The topological polar surface area (TPSA) is 105 Å². The quantitative estimate of drug-likeness (QED) is 0.761. The van der Waals surface area contributed by atoms with Crippen molar-refractivity contribution in [3.05, 3.63) is 11.9 Å². The van der Waals surface area contributed by atoms with Crippen LogP contribution in [-0.2, 0) is 9.53 Å². The number of hydrogen-bond acceptors (Lipinski definition) is 5. The zero-order valence-corrected chi connectivity index (χ0v) is 11.7. The van der Waals surface area contributed by atoms with E-state index in [-0.39, 0.29) is 17.9 Å². The molecule has 2 aliphatic heterocycles. The van der Waals surface area contributed by atoms with Crippen molar-refractivity contribution in [2.24, 2.45) is 0 Å². The Balaban J connectivity index is 1.56. The first-order valence-electron chi connectivity index (χ1n) is 7.15. The number of carbonyl (C=O) groups excluding carboxylic acids is 2. The number of rotatable bonds is 2. The van der Waals surface area contributed by atoms with E-state index >= 15 is 0 Å².